The fourth-order valence-corrected chi connectivity index (χ4v) is 4.02. The van der Waals surface area contributed by atoms with Crippen molar-refractivity contribution >= 4 is 18.3 Å². The van der Waals surface area contributed by atoms with Crippen molar-refractivity contribution in [1.29, 1.82) is 0 Å². The summed E-state index contributed by atoms with van der Waals surface area (Å²) < 4.78 is 5.36. The molecule has 3 rings (SSSR count). The molecule has 2 aliphatic rings. The van der Waals surface area contributed by atoms with Crippen LogP contribution in [0, 0.1) is 0 Å². The number of carbonyl (C=O) groups is 1. The van der Waals surface area contributed by atoms with Gasteiger partial charge in [-0.05, 0) is 43.4 Å². The third-order valence-corrected chi connectivity index (χ3v) is 5.23. The van der Waals surface area contributed by atoms with Gasteiger partial charge in [0.05, 0.1) is 12.5 Å². The first-order valence-electron chi connectivity index (χ1n) is 8.35. The molecule has 5 heteroatoms. The highest BCUT2D eigenvalue weighted by atomic mass is 35.5. The van der Waals surface area contributed by atoms with Crippen molar-refractivity contribution in [3.05, 3.63) is 29.8 Å². The molecule has 1 heterocycles. The monoisotopic (exact) mass is 338 g/mol. The molecule has 0 aromatic heterocycles. The van der Waals surface area contributed by atoms with Gasteiger partial charge >= 0.3 is 0 Å². The van der Waals surface area contributed by atoms with Crippen LogP contribution in [0.15, 0.2) is 24.3 Å². The third-order valence-electron chi connectivity index (χ3n) is 5.23. The standard InChI is InChI=1S/C18H26N2O2.ClH/c1-22-16-8-4-6-14(12-16)18(9-2-3-10-18)17(21)20-11-5-7-15(19)13-20;/h4,6,8,12,15H,2-3,5,7,9-11,13,19H2,1H3;1H. The maximum Gasteiger partial charge on any atom is 0.233 e. The van der Waals surface area contributed by atoms with E-state index in [1.165, 1.54) is 0 Å². The van der Waals surface area contributed by atoms with Crippen molar-refractivity contribution in [3.63, 3.8) is 0 Å². The fraction of sp³-hybridized carbons (Fsp3) is 0.611. The summed E-state index contributed by atoms with van der Waals surface area (Å²) in [6.45, 7) is 1.54. The van der Waals surface area contributed by atoms with E-state index in [1.807, 2.05) is 23.1 Å². The molecule has 1 unspecified atom stereocenters. The fourth-order valence-electron chi connectivity index (χ4n) is 4.02. The van der Waals surface area contributed by atoms with Crippen molar-refractivity contribution in [2.24, 2.45) is 5.73 Å². The minimum atomic E-state index is -0.369. The predicted octanol–water partition coefficient (Wildman–Crippen LogP) is 2.88. The number of ether oxygens (including phenoxy) is 1. The van der Waals surface area contributed by atoms with E-state index < -0.39 is 0 Å². The van der Waals surface area contributed by atoms with Gasteiger partial charge in [0.1, 0.15) is 5.75 Å². The number of likely N-dealkylation sites (tertiary alicyclic amines) is 1. The van der Waals surface area contributed by atoms with Crippen molar-refractivity contribution in [2.75, 3.05) is 20.2 Å². The van der Waals surface area contributed by atoms with Crippen molar-refractivity contribution in [3.8, 4) is 5.75 Å². The Labute approximate surface area is 144 Å². The molecule has 128 valence electrons. The van der Waals surface area contributed by atoms with E-state index in [4.69, 9.17) is 10.5 Å². The molecule has 1 saturated carbocycles. The summed E-state index contributed by atoms with van der Waals surface area (Å²) in [6.07, 6.45) is 6.14. The van der Waals surface area contributed by atoms with Crippen molar-refractivity contribution < 1.29 is 9.53 Å². The number of piperidine rings is 1. The molecule has 1 aliphatic carbocycles. The summed E-state index contributed by atoms with van der Waals surface area (Å²) in [7, 11) is 1.67. The second kappa shape index (κ2) is 7.54. The molecule has 23 heavy (non-hydrogen) atoms. The first-order valence-corrected chi connectivity index (χ1v) is 8.35. The van der Waals surface area contributed by atoms with Gasteiger partial charge in [0, 0.05) is 19.1 Å². The zero-order valence-corrected chi connectivity index (χ0v) is 14.6. The molecular weight excluding hydrogens is 312 g/mol. The molecule has 1 atom stereocenters. The maximum absolute atomic E-state index is 13.3. The van der Waals surface area contributed by atoms with E-state index in [-0.39, 0.29) is 29.8 Å². The molecule has 0 spiro atoms. The lowest BCUT2D eigenvalue weighted by molar-refractivity contribution is -0.138. The van der Waals surface area contributed by atoms with Gasteiger partial charge in [-0.3, -0.25) is 4.79 Å². The zero-order valence-electron chi connectivity index (χ0n) is 13.8. The number of carbonyl (C=O) groups excluding carboxylic acids is 1. The van der Waals surface area contributed by atoms with Gasteiger partial charge < -0.3 is 15.4 Å². The lowest BCUT2D eigenvalue weighted by Crippen LogP contribution is -2.52. The van der Waals surface area contributed by atoms with Crippen LogP contribution in [-0.4, -0.2) is 37.0 Å². The molecule has 0 bridgehead atoms. The molecule has 1 aromatic carbocycles. The number of benzene rings is 1. The Bertz CT molecular complexity index is 544. The van der Waals surface area contributed by atoms with Crippen LogP contribution in [0.4, 0.5) is 0 Å². The summed E-state index contributed by atoms with van der Waals surface area (Å²) in [6, 6.07) is 8.17. The summed E-state index contributed by atoms with van der Waals surface area (Å²) in [4.78, 5) is 15.3. The molecule has 1 aliphatic heterocycles. The first kappa shape index (κ1) is 18.1. The molecule has 2 fully saturated rings. The molecule has 1 amide bonds. The Morgan fingerprint density at radius 1 is 1.30 bits per heavy atom. The van der Waals surface area contributed by atoms with Crippen LogP contribution in [0.2, 0.25) is 0 Å². The lowest BCUT2D eigenvalue weighted by atomic mass is 9.77. The van der Waals surface area contributed by atoms with E-state index >= 15 is 0 Å². The summed E-state index contributed by atoms with van der Waals surface area (Å²) in [5, 5.41) is 0. The van der Waals surface area contributed by atoms with Crippen LogP contribution in [0.3, 0.4) is 0 Å². The zero-order chi connectivity index (χ0) is 15.6. The number of nitrogens with two attached hydrogens (primary N) is 1. The predicted molar refractivity (Wildman–Crippen MR) is 94.2 cm³/mol. The average molecular weight is 339 g/mol. The second-order valence-electron chi connectivity index (χ2n) is 6.67. The van der Waals surface area contributed by atoms with E-state index in [0.29, 0.717) is 6.54 Å². The van der Waals surface area contributed by atoms with E-state index in [2.05, 4.69) is 6.07 Å². The van der Waals surface area contributed by atoms with Crippen LogP contribution < -0.4 is 10.5 Å². The van der Waals surface area contributed by atoms with Gasteiger partial charge in [-0.1, -0.05) is 25.0 Å². The number of amides is 1. The minimum absolute atomic E-state index is 0. The van der Waals surface area contributed by atoms with E-state index in [0.717, 1.165) is 56.4 Å². The molecule has 1 saturated heterocycles. The number of hydrogen-bond donors (Lipinski definition) is 1. The molecule has 2 N–H and O–H groups in total. The molecule has 1 aromatic rings. The van der Waals surface area contributed by atoms with E-state index in [9.17, 15) is 4.79 Å². The van der Waals surface area contributed by atoms with Gasteiger partial charge in [0.25, 0.3) is 0 Å². The van der Waals surface area contributed by atoms with Crippen molar-refractivity contribution in [1.82, 2.24) is 4.90 Å². The van der Waals surface area contributed by atoms with Crippen LogP contribution in [0.5, 0.6) is 5.75 Å². The van der Waals surface area contributed by atoms with E-state index in [1.54, 1.807) is 7.11 Å². The number of nitrogens with zero attached hydrogens (tertiary/aromatic N) is 1. The summed E-state index contributed by atoms with van der Waals surface area (Å²) >= 11 is 0. The summed E-state index contributed by atoms with van der Waals surface area (Å²) in [5.74, 6) is 1.10. The van der Waals surface area contributed by atoms with Crippen LogP contribution in [0.25, 0.3) is 0 Å². The second-order valence-corrected chi connectivity index (χ2v) is 6.67. The molecule has 4 nitrogen and oxygen atoms in total. The van der Waals surface area contributed by atoms with Crippen LogP contribution >= 0.6 is 12.4 Å². The topological polar surface area (TPSA) is 55.6 Å². The highest BCUT2D eigenvalue weighted by Gasteiger charge is 2.45. The SMILES string of the molecule is COc1cccc(C2(C(=O)N3CCCC(N)C3)CCCC2)c1.Cl. The minimum Gasteiger partial charge on any atom is -0.497 e. The Balaban J connectivity index is 0.00000192. The Hall–Kier alpha value is -1.26. The highest BCUT2D eigenvalue weighted by molar-refractivity contribution is 5.89. The molecule has 0 radical (unpaired) electrons. The van der Waals surface area contributed by atoms with Gasteiger partial charge in [0.2, 0.25) is 5.91 Å². The normalized spacial score (nSPS) is 23.2. The Morgan fingerprint density at radius 2 is 2.04 bits per heavy atom. The maximum atomic E-state index is 13.3. The largest absolute Gasteiger partial charge is 0.497 e. The number of halogens is 1. The number of rotatable bonds is 3. The first-order chi connectivity index (χ1) is 10.7. The Kier molecular flexibility index (Phi) is 5.93. The van der Waals surface area contributed by atoms with Gasteiger partial charge in [-0.15, -0.1) is 12.4 Å². The molecular formula is C18H27ClN2O2. The van der Waals surface area contributed by atoms with Gasteiger partial charge in [-0.2, -0.15) is 0 Å². The van der Waals surface area contributed by atoms with Crippen molar-refractivity contribution in [2.45, 2.75) is 50.0 Å². The average Bonchev–Trinajstić information content (AvgIpc) is 3.05. The van der Waals surface area contributed by atoms with Gasteiger partial charge in [0.15, 0.2) is 0 Å². The van der Waals surface area contributed by atoms with Gasteiger partial charge in [-0.25, -0.2) is 0 Å². The smallest absolute Gasteiger partial charge is 0.233 e. The highest BCUT2D eigenvalue weighted by Crippen LogP contribution is 2.43. The number of methoxy groups -OCH3 is 1. The van der Waals surface area contributed by atoms with Crippen LogP contribution in [0.1, 0.15) is 44.1 Å². The number of hydrogen-bond acceptors (Lipinski definition) is 3. The summed E-state index contributed by atoms with van der Waals surface area (Å²) in [5.41, 5.74) is 6.81. The quantitative estimate of drug-likeness (QED) is 0.922. The lowest BCUT2D eigenvalue weighted by Gasteiger charge is -2.38. The van der Waals surface area contributed by atoms with Crippen LogP contribution in [-0.2, 0) is 10.2 Å². The third kappa shape index (κ3) is 3.48. The Morgan fingerprint density at radius 3 is 2.70 bits per heavy atom.